The maximum Gasteiger partial charge on any atom is 0.322 e. The molecule has 2 aromatic rings. The Kier molecular flexibility index (Phi) is 6.22. The summed E-state index contributed by atoms with van der Waals surface area (Å²) in [5.74, 6) is -0.213. The van der Waals surface area contributed by atoms with Crippen molar-refractivity contribution in [2.24, 2.45) is 0 Å². The van der Waals surface area contributed by atoms with Gasteiger partial charge in [0.15, 0.2) is 0 Å². The Morgan fingerprint density at radius 2 is 1.87 bits per heavy atom. The summed E-state index contributed by atoms with van der Waals surface area (Å²) in [6, 6.07) is 11.9. The Morgan fingerprint density at radius 3 is 2.63 bits per heavy atom. The highest BCUT2D eigenvalue weighted by Gasteiger charge is 2.40. The lowest BCUT2D eigenvalue weighted by atomic mass is 10.0. The molecule has 2 aliphatic heterocycles. The Labute approximate surface area is 180 Å². The standard InChI is InChI=1S/C22H25ClN4O3/c1-30-19-11-20(27(13-19)22(29)26-17-6-3-16(23)4-7-17)21(28)25-18-5-2-15-12-24-9-8-14(15)10-18/h2-7,10,19-20,24H,8-9,11-13H2,1H3,(H,25,28)(H,26,29)/t19-,20-/m1/s1. The minimum Gasteiger partial charge on any atom is -0.380 e. The van der Waals surface area contributed by atoms with Crippen molar-refractivity contribution in [1.82, 2.24) is 10.2 Å². The maximum atomic E-state index is 13.0. The third kappa shape index (κ3) is 4.59. The van der Waals surface area contributed by atoms with Gasteiger partial charge >= 0.3 is 6.03 Å². The number of benzene rings is 2. The topological polar surface area (TPSA) is 82.7 Å². The normalized spacial score (nSPS) is 20.5. The Bertz CT molecular complexity index is 934. The highest BCUT2D eigenvalue weighted by atomic mass is 35.5. The lowest BCUT2D eigenvalue weighted by Gasteiger charge is -2.24. The van der Waals surface area contributed by atoms with Gasteiger partial charge in [0.2, 0.25) is 5.91 Å². The fraction of sp³-hybridized carbons (Fsp3) is 0.364. The van der Waals surface area contributed by atoms with Crippen LogP contribution in [0.4, 0.5) is 16.2 Å². The van der Waals surface area contributed by atoms with Crippen molar-refractivity contribution in [2.75, 3.05) is 30.8 Å². The zero-order valence-electron chi connectivity index (χ0n) is 16.8. The number of amides is 3. The van der Waals surface area contributed by atoms with Gasteiger partial charge in [-0.3, -0.25) is 4.79 Å². The smallest absolute Gasteiger partial charge is 0.322 e. The van der Waals surface area contributed by atoms with Gasteiger partial charge in [0, 0.05) is 43.0 Å². The number of likely N-dealkylation sites (tertiary alicyclic amines) is 1. The summed E-state index contributed by atoms with van der Waals surface area (Å²) in [7, 11) is 1.59. The minimum atomic E-state index is -0.611. The second-order valence-electron chi connectivity index (χ2n) is 7.60. The molecule has 0 spiro atoms. The van der Waals surface area contributed by atoms with Gasteiger partial charge in [0.05, 0.1) is 6.10 Å². The lowest BCUT2D eigenvalue weighted by Crippen LogP contribution is -2.45. The van der Waals surface area contributed by atoms with E-state index in [1.807, 2.05) is 18.2 Å². The van der Waals surface area contributed by atoms with E-state index in [0.29, 0.717) is 23.7 Å². The summed E-state index contributed by atoms with van der Waals surface area (Å²) in [6.45, 7) is 2.13. The van der Waals surface area contributed by atoms with Crippen LogP contribution in [-0.4, -0.2) is 49.2 Å². The van der Waals surface area contributed by atoms with Gasteiger partial charge < -0.3 is 25.6 Å². The molecule has 2 aromatic carbocycles. The van der Waals surface area contributed by atoms with Crippen LogP contribution in [0.15, 0.2) is 42.5 Å². The summed E-state index contributed by atoms with van der Waals surface area (Å²) in [5, 5.41) is 9.74. The SMILES string of the molecule is CO[C@@H]1C[C@H](C(=O)Nc2ccc3c(c2)CCNC3)N(C(=O)Nc2ccc(Cl)cc2)C1. The molecule has 0 saturated carbocycles. The van der Waals surface area contributed by atoms with Crippen LogP contribution in [0.2, 0.25) is 5.02 Å². The summed E-state index contributed by atoms with van der Waals surface area (Å²) >= 11 is 5.90. The van der Waals surface area contributed by atoms with Gasteiger partial charge in [-0.1, -0.05) is 17.7 Å². The number of methoxy groups -OCH3 is 1. The molecule has 2 atom stereocenters. The van der Waals surface area contributed by atoms with Gasteiger partial charge in [-0.15, -0.1) is 0 Å². The number of nitrogens with zero attached hydrogens (tertiary/aromatic N) is 1. The van der Waals surface area contributed by atoms with Crippen molar-refractivity contribution in [1.29, 1.82) is 0 Å². The van der Waals surface area contributed by atoms with Crippen LogP contribution in [0.5, 0.6) is 0 Å². The van der Waals surface area contributed by atoms with Crippen LogP contribution >= 0.6 is 11.6 Å². The number of halogens is 1. The van der Waals surface area contributed by atoms with Crippen LogP contribution in [0.25, 0.3) is 0 Å². The van der Waals surface area contributed by atoms with E-state index in [0.717, 1.165) is 25.2 Å². The third-order valence-corrected chi connectivity index (χ3v) is 5.87. The molecule has 2 aliphatic rings. The Balaban J connectivity index is 1.46. The molecule has 30 heavy (non-hydrogen) atoms. The number of rotatable bonds is 4. The van der Waals surface area contributed by atoms with Crippen molar-refractivity contribution in [2.45, 2.75) is 31.5 Å². The van der Waals surface area contributed by atoms with E-state index < -0.39 is 6.04 Å². The van der Waals surface area contributed by atoms with Crippen molar-refractivity contribution in [3.05, 3.63) is 58.6 Å². The number of carbonyl (C=O) groups is 2. The Morgan fingerprint density at radius 1 is 1.10 bits per heavy atom. The average Bonchev–Trinajstić information content (AvgIpc) is 3.20. The molecule has 158 valence electrons. The molecule has 3 amide bonds. The average molecular weight is 429 g/mol. The van der Waals surface area contributed by atoms with E-state index in [4.69, 9.17) is 16.3 Å². The number of hydrogen-bond donors (Lipinski definition) is 3. The van der Waals surface area contributed by atoms with Gasteiger partial charge in [0.25, 0.3) is 0 Å². The zero-order chi connectivity index (χ0) is 21.1. The predicted molar refractivity (Wildman–Crippen MR) is 117 cm³/mol. The minimum absolute atomic E-state index is 0.189. The number of nitrogens with one attached hydrogen (secondary N) is 3. The third-order valence-electron chi connectivity index (χ3n) is 5.62. The monoisotopic (exact) mass is 428 g/mol. The molecule has 8 heteroatoms. The number of carbonyl (C=O) groups excluding carboxylic acids is 2. The van der Waals surface area contributed by atoms with Crippen molar-refractivity contribution in [3.63, 3.8) is 0 Å². The van der Waals surface area contributed by atoms with E-state index >= 15 is 0 Å². The van der Waals surface area contributed by atoms with E-state index in [2.05, 4.69) is 16.0 Å². The number of ether oxygens (including phenoxy) is 1. The highest BCUT2D eigenvalue weighted by Crippen LogP contribution is 2.25. The fourth-order valence-electron chi connectivity index (χ4n) is 3.95. The summed E-state index contributed by atoms with van der Waals surface area (Å²) < 4.78 is 5.44. The zero-order valence-corrected chi connectivity index (χ0v) is 17.5. The number of hydrogen-bond acceptors (Lipinski definition) is 4. The molecule has 0 unspecified atom stereocenters. The molecule has 2 heterocycles. The van der Waals surface area contributed by atoms with Crippen LogP contribution < -0.4 is 16.0 Å². The molecular weight excluding hydrogens is 404 g/mol. The maximum absolute atomic E-state index is 13.0. The fourth-order valence-corrected chi connectivity index (χ4v) is 4.08. The van der Waals surface area contributed by atoms with Crippen molar-refractivity contribution < 1.29 is 14.3 Å². The van der Waals surface area contributed by atoms with Gasteiger partial charge in [-0.05, 0) is 60.5 Å². The molecule has 3 N–H and O–H groups in total. The molecular formula is C22H25ClN4O3. The first-order chi connectivity index (χ1) is 14.5. The number of fused-ring (bicyclic) bond motifs is 1. The second kappa shape index (κ2) is 9.04. The second-order valence-corrected chi connectivity index (χ2v) is 8.03. The molecule has 0 radical (unpaired) electrons. The van der Waals surface area contributed by atoms with Gasteiger partial charge in [0.1, 0.15) is 6.04 Å². The summed E-state index contributed by atoms with van der Waals surface area (Å²) in [4.78, 5) is 27.4. The molecule has 1 fully saturated rings. The first-order valence-corrected chi connectivity index (χ1v) is 10.4. The van der Waals surface area contributed by atoms with Crippen LogP contribution in [0.1, 0.15) is 17.5 Å². The quantitative estimate of drug-likeness (QED) is 0.698. The molecule has 0 bridgehead atoms. The van der Waals surface area contributed by atoms with E-state index in [-0.39, 0.29) is 18.0 Å². The molecule has 4 rings (SSSR count). The summed E-state index contributed by atoms with van der Waals surface area (Å²) in [6.07, 6.45) is 1.20. The Hall–Kier alpha value is -2.61. The lowest BCUT2D eigenvalue weighted by molar-refractivity contribution is -0.119. The van der Waals surface area contributed by atoms with Crippen LogP contribution in [0, 0.1) is 0 Å². The first kappa shape index (κ1) is 20.7. The van der Waals surface area contributed by atoms with Crippen LogP contribution in [0.3, 0.4) is 0 Å². The molecule has 7 nitrogen and oxygen atoms in total. The number of anilines is 2. The first-order valence-electron chi connectivity index (χ1n) is 10.0. The predicted octanol–water partition coefficient (Wildman–Crippen LogP) is 3.25. The van der Waals surface area contributed by atoms with Gasteiger partial charge in [-0.25, -0.2) is 4.79 Å². The van der Waals surface area contributed by atoms with Crippen LogP contribution in [-0.2, 0) is 22.5 Å². The summed E-state index contributed by atoms with van der Waals surface area (Å²) in [5.41, 5.74) is 3.86. The number of urea groups is 1. The molecule has 1 saturated heterocycles. The van der Waals surface area contributed by atoms with E-state index in [1.54, 1.807) is 31.4 Å². The van der Waals surface area contributed by atoms with Crippen molar-refractivity contribution in [3.8, 4) is 0 Å². The van der Waals surface area contributed by atoms with Gasteiger partial charge in [-0.2, -0.15) is 0 Å². The van der Waals surface area contributed by atoms with Crippen molar-refractivity contribution >= 4 is 34.9 Å². The highest BCUT2D eigenvalue weighted by molar-refractivity contribution is 6.30. The van der Waals surface area contributed by atoms with E-state index in [9.17, 15) is 9.59 Å². The van der Waals surface area contributed by atoms with E-state index in [1.165, 1.54) is 16.0 Å². The molecule has 0 aliphatic carbocycles. The molecule has 0 aromatic heterocycles. The largest absolute Gasteiger partial charge is 0.380 e.